The number of allylic oxidation sites excluding steroid dienone is 1. The molecule has 0 aliphatic rings. The van der Waals surface area contributed by atoms with E-state index in [9.17, 15) is 0 Å². The van der Waals surface area contributed by atoms with E-state index < -0.39 is 0 Å². The van der Waals surface area contributed by atoms with E-state index in [0.717, 1.165) is 33.6 Å². The molecule has 0 atom stereocenters. The number of aliphatic imine (C=N–C) groups is 1. The Morgan fingerprint density at radius 3 is 2.88 bits per heavy atom. The van der Waals surface area contributed by atoms with Gasteiger partial charge in [-0.25, -0.2) is 4.98 Å². The van der Waals surface area contributed by atoms with Gasteiger partial charge in [-0.1, -0.05) is 0 Å². The lowest BCUT2D eigenvalue weighted by Gasteiger charge is -2.11. The van der Waals surface area contributed by atoms with E-state index in [1.54, 1.807) is 18.4 Å². The fourth-order valence-electron chi connectivity index (χ4n) is 2.32. The van der Waals surface area contributed by atoms with Gasteiger partial charge in [0.2, 0.25) is 0 Å². The van der Waals surface area contributed by atoms with Gasteiger partial charge in [0, 0.05) is 29.5 Å². The minimum atomic E-state index is 0.370. The van der Waals surface area contributed by atoms with Gasteiger partial charge in [0.05, 0.1) is 25.1 Å². The number of thiazole rings is 1. The van der Waals surface area contributed by atoms with E-state index in [1.165, 1.54) is 0 Å². The van der Waals surface area contributed by atoms with E-state index in [4.69, 9.17) is 9.47 Å². The maximum absolute atomic E-state index is 5.56. The lowest BCUT2D eigenvalue weighted by atomic mass is 10.1. The summed E-state index contributed by atoms with van der Waals surface area (Å²) in [5, 5.41) is 6.30. The standard InChI is InChI=1S/C19H25N3O2S/c1-6-24-15-8-9-16(17(11-15)20-4)18(23-5)10-7-14-12-25-19(22-14)21-13(2)3/h8-13H,4,6-7H2,1-3,5H3,(H,21,22)/b18-10+. The fourth-order valence-corrected chi connectivity index (χ4v) is 3.19. The molecule has 1 aromatic carbocycles. The number of nitrogens with one attached hydrogen (secondary N) is 1. The summed E-state index contributed by atoms with van der Waals surface area (Å²) in [4.78, 5) is 8.68. The van der Waals surface area contributed by atoms with Gasteiger partial charge in [-0.3, -0.25) is 4.99 Å². The summed E-state index contributed by atoms with van der Waals surface area (Å²) in [7, 11) is 1.65. The van der Waals surface area contributed by atoms with Crippen LogP contribution in [0.4, 0.5) is 10.8 Å². The van der Waals surface area contributed by atoms with E-state index in [-0.39, 0.29) is 0 Å². The van der Waals surface area contributed by atoms with Crippen molar-refractivity contribution in [1.82, 2.24) is 4.98 Å². The summed E-state index contributed by atoms with van der Waals surface area (Å²) in [5.74, 6) is 1.52. The van der Waals surface area contributed by atoms with Crippen LogP contribution in [-0.4, -0.2) is 31.5 Å². The third kappa shape index (κ3) is 5.32. The molecule has 0 radical (unpaired) electrons. The summed E-state index contributed by atoms with van der Waals surface area (Å²) in [6.07, 6.45) is 2.70. The van der Waals surface area contributed by atoms with Crippen LogP contribution < -0.4 is 10.1 Å². The highest BCUT2D eigenvalue weighted by Crippen LogP contribution is 2.31. The number of rotatable bonds is 9. The Kier molecular flexibility index (Phi) is 7.01. The topological polar surface area (TPSA) is 55.7 Å². The van der Waals surface area contributed by atoms with Crippen molar-refractivity contribution in [3.8, 4) is 5.75 Å². The van der Waals surface area contributed by atoms with E-state index in [0.29, 0.717) is 19.1 Å². The molecule has 2 rings (SSSR count). The molecule has 0 saturated heterocycles. The minimum Gasteiger partial charge on any atom is -0.496 e. The van der Waals surface area contributed by atoms with Crippen molar-refractivity contribution in [2.24, 2.45) is 4.99 Å². The van der Waals surface area contributed by atoms with Crippen molar-refractivity contribution >= 4 is 34.6 Å². The highest BCUT2D eigenvalue weighted by molar-refractivity contribution is 7.13. The second-order valence-corrected chi connectivity index (χ2v) is 6.55. The van der Waals surface area contributed by atoms with Gasteiger partial charge in [-0.2, -0.15) is 0 Å². The SMILES string of the molecule is C=Nc1cc(OCC)ccc1/C(=C\Cc1csc(NC(C)C)n1)OC. The van der Waals surface area contributed by atoms with Gasteiger partial charge < -0.3 is 14.8 Å². The van der Waals surface area contributed by atoms with Crippen molar-refractivity contribution in [3.05, 3.63) is 40.9 Å². The highest BCUT2D eigenvalue weighted by atomic mass is 32.1. The van der Waals surface area contributed by atoms with Crippen LogP contribution in [-0.2, 0) is 11.2 Å². The number of aromatic nitrogens is 1. The van der Waals surface area contributed by atoms with Crippen molar-refractivity contribution in [3.63, 3.8) is 0 Å². The smallest absolute Gasteiger partial charge is 0.183 e. The molecule has 2 aromatic rings. The summed E-state index contributed by atoms with van der Waals surface area (Å²) < 4.78 is 11.1. The Morgan fingerprint density at radius 1 is 1.44 bits per heavy atom. The predicted octanol–water partition coefficient (Wildman–Crippen LogP) is 4.92. The van der Waals surface area contributed by atoms with Crippen LogP contribution in [0, 0.1) is 0 Å². The number of hydrogen-bond acceptors (Lipinski definition) is 6. The van der Waals surface area contributed by atoms with Crippen LogP contribution in [0.3, 0.4) is 0 Å². The number of hydrogen-bond donors (Lipinski definition) is 1. The molecule has 0 bridgehead atoms. The molecule has 6 heteroatoms. The van der Waals surface area contributed by atoms with E-state index in [1.807, 2.05) is 31.2 Å². The van der Waals surface area contributed by atoms with E-state index >= 15 is 0 Å². The van der Waals surface area contributed by atoms with Crippen LogP contribution in [0.2, 0.25) is 0 Å². The first-order valence-electron chi connectivity index (χ1n) is 8.26. The molecule has 1 N–H and O–H groups in total. The lowest BCUT2D eigenvalue weighted by Crippen LogP contribution is -2.09. The maximum Gasteiger partial charge on any atom is 0.183 e. The molecule has 0 amide bonds. The van der Waals surface area contributed by atoms with Crippen LogP contribution in [0.1, 0.15) is 32.0 Å². The molecule has 25 heavy (non-hydrogen) atoms. The zero-order valence-corrected chi connectivity index (χ0v) is 16.0. The van der Waals surface area contributed by atoms with Gasteiger partial charge in [0.15, 0.2) is 5.13 Å². The summed E-state index contributed by atoms with van der Waals surface area (Å²) >= 11 is 1.61. The van der Waals surface area contributed by atoms with Crippen LogP contribution in [0.15, 0.2) is 34.6 Å². The van der Waals surface area contributed by atoms with Crippen molar-refractivity contribution in [2.45, 2.75) is 33.2 Å². The Bertz CT molecular complexity index is 738. The average molecular weight is 359 g/mol. The van der Waals surface area contributed by atoms with Crippen molar-refractivity contribution < 1.29 is 9.47 Å². The average Bonchev–Trinajstić information content (AvgIpc) is 3.03. The molecule has 0 unspecified atom stereocenters. The van der Waals surface area contributed by atoms with Crippen LogP contribution in [0.25, 0.3) is 5.76 Å². The normalized spacial score (nSPS) is 11.5. The van der Waals surface area contributed by atoms with Crippen LogP contribution >= 0.6 is 11.3 Å². The third-order valence-electron chi connectivity index (χ3n) is 3.40. The minimum absolute atomic E-state index is 0.370. The zero-order chi connectivity index (χ0) is 18.2. The maximum atomic E-state index is 5.56. The van der Waals surface area contributed by atoms with Gasteiger partial charge in [0.1, 0.15) is 11.5 Å². The molecule has 0 aliphatic carbocycles. The zero-order valence-electron chi connectivity index (χ0n) is 15.2. The van der Waals surface area contributed by atoms with Gasteiger partial charge >= 0.3 is 0 Å². The number of anilines is 1. The quantitative estimate of drug-likeness (QED) is 0.510. The molecule has 5 nitrogen and oxygen atoms in total. The van der Waals surface area contributed by atoms with Gasteiger partial charge in [0.25, 0.3) is 0 Å². The first kappa shape index (κ1) is 19.0. The molecule has 1 heterocycles. The Morgan fingerprint density at radius 2 is 2.24 bits per heavy atom. The summed E-state index contributed by atoms with van der Waals surface area (Å²) in [6, 6.07) is 6.09. The fraction of sp³-hybridized carbons (Fsp3) is 0.368. The molecular weight excluding hydrogens is 334 g/mol. The number of benzene rings is 1. The molecule has 0 aliphatic heterocycles. The summed E-state index contributed by atoms with van der Waals surface area (Å²) in [5.41, 5.74) is 2.62. The van der Waals surface area contributed by atoms with Crippen molar-refractivity contribution in [2.75, 3.05) is 19.0 Å². The Hall–Kier alpha value is -2.34. The second-order valence-electron chi connectivity index (χ2n) is 5.69. The first-order valence-corrected chi connectivity index (χ1v) is 9.14. The van der Waals surface area contributed by atoms with E-state index in [2.05, 4.69) is 41.2 Å². The Labute approximate surface area is 153 Å². The number of ether oxygens (including phenoxy) is 2. The van der Waals surface area contributed by atoms with Gasteiger partial charge in [-0.05, 0) is 45.7 Å². The molecule has 134 valence electrons. The number of methoxy groups -OCH3 is 1. The molecule has 0 saturated carbocycles. The predicted molar refractivity (Wildman–Crippen MR) is 106 cm³/mol. The second kappa shape index (κ2) is 9.22. The molecule has 0 spiro atoms. The van der Waals surface area contributed by atoms with Gasteiger partial charge in [-0.15, -0.1) is 11.3 Å². The highest BCUT2D eigenvalue weighted by Gasteiger charge is 2.10. The largest absolute Gasteiger partial charge is 0.496 e. The van der Waals surface area contributed by atoms with Crippen LogP contribution in [0.5, 0.6) is 5.75 Å². The molecule has 1 aromatic heterocycles. The lowest BCUT2D eigenvalue weighted by molar-refractivity contribution is 0.340. The summed E-state index contributed by atoms with van der Waals surface area (Å²) in [6.45, 7) is 10.4. The monoisotopic (exact) mass is 359 g/mol. The Balaban J connectivity index is 2.19. The first-order chi connectivity index (χ1) is 12.1. The molecular formula is C19H25N3O2S. The number of nitrogens with zero attached hydrogens (tertiary/aromatic N) is 2. The third-order valence-corrected chi connectivity index (χ3v) is 4.22. The van der Waals surface area contributed by atoms with Crippen molar-refractivity contribution in [1.29, 1.82) is 0 Å². The molecule has 0 fully saturated rings.